The maximum atomic E-state index is 12.8. The van der Waals surface area contributed by atoms with Crippen molar-refractivity contribution in [2.45, 2.75) is 25.3 Å². The second-order valence-corrected chi connectivity index (χ2v) is 6.63. The largest absolute Gasteiger partial charge is 0.497 e. The van der Waals surface area contributed by atoms with Crippen LogP contribution in [0.5, 0.6) is 5.75 Å². The normalized spacial score (nSPS) is 22.0. The third kappa shape index (κ3) is 3.53. The first kappa shape index (κ1) is 16.8. The Morgan fingerprint density at radius 1 is 1.21 bits per heavy atom. The molecular formula is C18H25N3O3. The van der Waals surface area contributed by atoms with Gasteiger partial charge in [-0.1, -0.05) is 12.1 Å². The van der Waals surface area contributed by atoms with Crippen molar-refractivity contribution in [3.05, 3.63) is 29.8 Å². The molecule has 0 saturated carbocycles. The van der Waals surface area contributed by atoms with Crippen molar-refractivity contribution in [2.75, 3.05) is 33.3 Å². The highest BCUT2D eigenvalue weighted by Gasteiger charge is 2.37. The van der Waals surface area contributed by atoms with Gasteiger partial charge in [-0.2, -0.15) is 0 Å². The van der Waals surface area contributed by atoms with Gasteiger partial charge < -0.3 is 15.4 Å². The molecule has 2 amide bonds. The van der Waals surface area contributed by atoms with E-state index >= 15 is 0 Å². The van der Waals surface area contributed by atoms with Gasteiger partial charge in [0.2, 0.25) is 11.8 Å². The van der Waals surface area contributed by atoms with Gasteiger partial charge in [0.05, 0.1) is 19.7 Å². The van der Waals surface area contributed by atoms with Crippen LogP contribution < -0.4 is 10.5 Å². The summed E-state index contributed by atoms with van der Waals surface area (Å²) in [7, 11) is 1.66. The molecule has 6 nitrogen and oxygen atoms in total. The third-order valence-electron chi connectivity index (χ3n) is 5.10. The maximum absolute atomic E-state index is 12.8. The van der Waals surface area contributed by atoms with Gasteiger partial charge >= 0.3 is 0 Å². The van der Waals surface area contributed by atoms with Gasteiger partial charge in [0, 0.05) is 12.5 Å². The highest BCUT2D eigenvalue weighted by Crippen LogP contribution is 2.37. The molecule has 2 fully saturated rings. The van der Waals surface area contributed by atoms with E-state index in [2.05, 4.69) is 6.07 Å². The molecule has 1 aromatic rings. The van der Waals surface area contributed by atoms with Crippen LogP contribution in [0, 0.1) is 5.92 Å². The molecule has 2 aliphatic heterocycles. The Morgan fingerprint density at radius 3 is 2.54 bits per heavy atom. The number of likely N-dealkylation sites (tertiary alicyclic amines) is 2. The summed E-state index contributed by atoms with van der Waals surface area (Å²) < 4.78 is 5.28. The predicted octanol–water partition coefficient (Wildman–Crippen LogP) is 1.17. The van der Waals surface area contributed by atoms with Crippen LogP contribution in [-0.4, -0.2) is 54.9 Å². The number of ether oxygens (including phenoxy) is 1. The van der Waals surface area contributed by atoms with Gasteiger partial charge in [-0.15, -0.1) is 0 Å². The lowest BCUT2D eigenvalue weighted by atomic mass is 9.89. The van der Waals surface area contributed by atoms with Crippen LogP contribution >= 0.6 is 0 Å². The van der Waals surface area contributed by atoms with Crippen molar-refractivity contribution < 1.29 is 14.3 Å². The number of primary amides is 1. The van der Waals surface area contributed by atoms with E-state index in [1.807, 2.05) is 28.0 Å². The average molecular weight is 331 g/mol. The summed E-state index contributed by atoms with van der Waals surface area (Å²) in [5, 5.41) is 0. The van der Waals surface area contributed by atoms with Crippen molar-refractivity contribution in [1.29, 1.82) is 0 Å². The Kier molecular flexibility index (Phi) is 5.04. The minimum Gasteiger partial charge on any atom is -0.497 e. The number of nitrogens with two attached hydrogens (primary N) is 1. The zero-order chi connectivity index (χ0) is 17.1. The number of carbonyl (C=O) groups excluding carboxylic acids is 2. The van der Waals surface area contributed by atoms with Crippen molar-refractivity contribution >= 4 is 11.8 Å². The van der Waals surface area contributed by atoms with E-state index in [0.29, 0.717) is 0 Å². The molecule has 2 saturated heterocycles. The zero-order valence-electron chi connectivity index (χ0n) is 14.1. The second-order valence-electron chi connectivity index (χ2n) is 6.63. The zero-order valence-corrected chi connectivity index (χ0v) is 14.1. The molecule has 0 radical (unpaired) electrons. The van der Waals surface area contributed by atoms with Crippen molar-refractivity contribution in [1.82, 2.24) is 9.80 Å². The Bertz CT molecular complexity index is 611. The molecule has 1 aromatic carbocycles. The minimum absolute atomic E-state index is 0.0579. The number of methoxy groups -OCH3 is 1. The molecule has 130 valence electrons. The maximum Gasteiger partial charge on any atom is 0.231 e. The summed E-state index contributed by atoms with van der Waals surface area (Å²) in [6.45, 7) is 2.63. The van der Waals surface area contributed by atoms with Gasteiger partial charge in [0.25, 0.3) is 0 Å². The SMILES string of the molecule is COc1cccc([C@H]2CCN2C(=O)C2CCN(CC(N)=O)CC2)c1. The summed E-state index contributed by atoms with van der Waals surface area (Å²) in [5.41, 5.74) is 6.38. The highest BCUT2D eigenvalue weighted by molar-refractivity contribution is 5.80. The quantitative estimate of drug-likeness (QED) is 0.879. The Morgan fingerprint density at radius 2 is 1.96 bits per heavy atom. The van der Waals surface area contributed by atoms with E-state index in [1.54, 1.807) is 7.11 Å². The molecule has 2 N–H and O–H groups in total. The molecule has 0 aliphatic carbocycles. The summed E-state index contributed by atoms with van der Waals surface area (Å²) in [4.78, 5) is 27.8. The lowest BCUT2D eigenvalue weighted by Crippen LogP contribution is -2.50. The summed E-state index contributed by atoms with van der Waals surface area (Å²) in [6, 6.07) is 8.12. The minimum atomic E-state index is -0.305. The molecule has 2 aliphatic rings. The lowest BCUT2D eigenvalue weighted by molar-refractivity contribution is -0.145. The van der Waals surface area contributed by atoms with Crippen molar-refractivity contribution in [3.63, 3.8) is 0 Å². The fourth-order valence-corrected chi connectivity index (χ4v) is 3.64. The van der Waals surface area contributed by atoms with Crippen LogP contribution in [0.3, 0.4) is 0 Å². The first-order valence-corrected chi connectivity index (χ1v) is 8.53. The third-order valence-corrected chi connectivity index (χ3v) is 5.10. The second kappa shape index (κ2) is 7.21. The molecule has 3 rings (SSSR count). The van der Waals surface area contributed by atoms with Crippen LogP contribution in [-0.2, 0) is 9.59 Å². The molecule has 1 atom stereocenters. The fraction of sp³-hybridized carbons (Fsp3) is 0.556. The van der Waals surface area contributed by atoms with Crippen LogP contribution in [0.15, 0.2) is 24.3 Å². The molecule has 24 heavy (non-hydrogen) atoms. The fourth-order valence-electron chi connectivity index (χ4n) is 3.64. The standard InChI is InChI=1S/C18H25N3O3/c1-24-15-4-2-3-14(11-15)16-7-10-21(16)18(23)13-5-8-20(9-6-13)12-17(19)22/h2-4,11,13,16H,5-10,12H2,1H3,(H2,19,22)/t16-/m1/s1. The van der Waals surface area contributed by atoms with E-state index in [0.717, 1.165) is 50.2 Å². The predicted molar refractivity (Wildman–Crippen MR) is 90.4 cm³/mol. The van der Waals surface area contributed by atoms with Crippen LogP contribution in [0.4, 0.5) is 0 Å². The van der Waals surface area contributed by atoms with Crippen molar-refractivity contribution in [2.24, 2.45) is 11.7 Å². The number of carbonyl (C=O) groups is 2. The van der Waals surface area contributed by atoms with Gasteiger partial charge in [-0.3, -0.25) is 14.5 Å². The summed E-state index contributed by atoms with van der Waals surface area (Å²) in [5.74, 6) is 0.822. The van der Waals surface area contributed by atoms with Crippen LogP contribution in [0.2, 0.25) is 0 Å². The first-order chi connectivity index (χ1) is 11.6. The molecule has 0 unspecified atom stereocenters. The average Bonchev–Trinajstić information content (AvgIpc) is 2.54. The molecule has 0 aromatic heterocycles. The van der Waals surface area contributed by atoms with Crippen molar-refractivity contribution in [3.8, 4) is 5.75 Å². The Balaban J connectivity index is 1.58. The smallest absolute Gasteiger partial charge is 0.231 e. The number of nitrogens with zero attached hydrogens (tertiary/aromatic N) is 2. The molecule has 2 heterocycles. The Labute approximate surface area is 142 Å². The molecule has 0 spiro atoms. The van der Waals surface area contributed by atoms with Gasteiger partial charge in [0.15, 0.2) is 0 Å². The number of rotatable bonds is 5. The lowest BCUT2D eigenvalue weighted by Gasteiger charge is -2.44. The van der Waals surface area contributed by atoms with Crippen LogP contribution in [0.1, 0.15) is 30.9 Å². The van der Waals surface area contributed by atoms with E-state index in [1.165, 1.54) is 0 Å². The Hall–Kier alpha value is -2.08. The number of benzene rings is 1. The van der Waals surface area contributed by atoms with Crippen LogP contribution in [0.25, 0.3) is 0 Å². The van der Waals surface area contributed by atoms with E-state index in [4.69, 9.17) is 10.5 Å². The molecule has 0 bridgehead atoms. The summed E-state index contributed by atoms with van der Waals surface area (Å²) >= 11 is 0. The molecular weight excluding hydrogens is 306 g/mol. The number of hydrogen-bond acceptors (Lipinski definition) is 4. The van der Waals surface area contributed by atoms with Gasteiger partial charge in [0.1, 0.15) is 5.75 Å². The number of piperidine rings is 1. The number of amides is 2. The number of hydrogen-bond donors (Lipinski definition) is 1. The topological polar surface area (TPSA) is 75.9 Å². The van der Waals surface area contributed by atoms with E-state index in [-0.39, 0.29) is 30.3 Å². The van der Waals surface area contributed by atoms with Gasteiger partial charge in [-0.05, 0) is 50.0 Å². The monoisotopic (exact) mass is 331 g/mol. The van der Waals surface area contributed by atoms with E-state index in [9.17, 15) is 9.59 Å². The summed E-state index contributed by atoms with van der Waals surface area (Å²) in [6.07, 6.45) is 2.60. The van der Waals surface area contributed by atoms with Gasteiger partial charge in [-0.25, -0.2) is 0 Å². The van der Waals surface area contributed by atoms with E-state index < -0.39 is 0 Å². The first-order valence-electron chi connectivity index (χ1n) is 8.53. The highest BCUT2D eigenvalue weighted by atomic mass is 16.5. The molecule has 6 heteroatoms.